The van der Waals surface area contributed by atoms with E-state index in [9.17, 15) is 19.3 Å². The maximum atomic E-state index is 13.5. The molecule has 9 heteroatoms. The summed E-state index contributed by atoms with van der Waals surface area (Å²) in [6, 6.07) is 18.7. The van der Waals surface area contributed by atoms with E-state index in [0.717, 1.165) is 16.5 Å². The minimum atomic E-state index is -0.512. The number of anilines is 1. The fourth-order valence-electron chi connectivity index (χ4n) is 3.05. The SMILES string of the molecule is COc1ccc(-c2nc(NC(=O)c3cccc(F)c3)sc2-c2ccc([N+](=O)[O-])cc2)cc1. The van der Waals surface area contributed by atoms with Gasteiger partial charge in [-0.2, -0.15) is 0 Å². The molecule has 0 bridgehead atoms. The number of methoxy groups -OCH3 is 1. The molecule has 4 rings (SSSR count). The van der Waals surface area contributed by atoms with Gasteiger partial charge >= 0.3 is 0 Å². The van der Waals surface area contributed by atoms with Gasteiger partial charge in [-0.05, 0) is 60.2 Å². The summed E-state index contributed by atoms with van der Waals surface area (Å²) in [6.45, 7) is 0. The molecule has 0 fully saturated rings. The van der Waals surface area contributed by atoms with Gasteiger partial charge < -0.3 is 4.74 Å². The number of carbonyl (C=O) groups excluding carboxylic acids is 1. The van der Waals surface area contributed by atoms with E-state index >= 15 is 0 Å². The van der Waals surface area contributed by atoms with Gasteiger partial charge in [0.25, 0.3) is 11.6 Å². The van der Waals surface area contributed by atoms with Gasteiger partial charge in [0.1, 0.15) is 11.6 Å². The largest absolute Gasteiger partial charge is 0.497 e. The maximum Gasteiger partial charge on any atom is 0.269 e. The van der Waals surface area contributed by atoms with Crippen molar-refractivity contribution in [2.24, 2.45) is 0 Å². The molecule has 7 nitrogen and oxygen atoms in total. The first kappa shape index (κ1) is 21.1. The number of non-ortho nitro benzene ring substituents is 1. The van der Waals surface area contributed by atoms with Gasteiger partial charge in [-0.25, -0.2) is 9.37 Å². The van der Waals surface area contributed by atoms with Crippen LogP contribution in [-0.2, 0) is 0 Å². The number of aromatic nitrogens is 1. The van der Waals surface area contributed by atoms with Gasteiger partial charge in [-0.3, -0.25) is 20.2 Å². The van der Waals surface area contributed by atoms with Crippen LogP contribution in [0.5, 0.6) is 5.75 Å². The molecular formula is C23H16FN3O4S. The van der Waals surface area contributed by atoms with E-state index in [1.165, 1.54) is 41.7 Å². The molecule has 4 aromatic rings. The molecule has 0 unspecified atom stereocenters. The average molecular weight is 449 g/mol. The first-order valence-electron chi connectivity index (χ1n) is 9.41. The van der Waals surface area contributed by atoms with E-state index in [4.69, 9.17) is 4.74 Å². The third kappa shape index (κ3) is 4.47. The second-order valence-corrected chi connectivity index (χ2v) is 7.69. The number of nitro groups is 1. The summed E-state index contributed by atoms with van der Waals surface area (Å²) in [4.78, 5) is 28.4. The normalized spacial score (nSPS) is 10.6. The molecule has 0 saturated carbocycles. The Balaban J connectivity index is 1.73. The summed E-state index contributed by atoms with van der Waals surface area (Å²) in [6.07, 6.45) is 0. The number of benzene rings is 3. The number of nitrogens with zero attached hydrogens (tertiary/aromatic N) is 2. The Labute approximate surface area is 186 Å². The van der Waals surface area contributed by atoms with Crippen molar-refractivity contribution in [3.63, 3.8) is 0 Å². The first-order chi connectivity index (χ1) is 15.4. The molecule has 1 heterocycles. The zero-order valence-corrected chi connectivity index (χ0v) is 17.6. The molecule has 0 aliphatic heterocycles. The van der Waals surface area contributed by atoms with Crippen LogP contribution in [0.3, 0.4) is 0 Å². The Kier molecular flexibility index (Phi) is 5.91. The molecule has 32 heavy (non-hydrogen) atoms. The summed E-state index contributed by atoms with van der Waals surface area (Å²) in [5.41, 5.74) is 2.24. The summed E-state index contributed by atoms with van der Waals surface area (Å²) >= 11 is 1.22. The second kappa shape index (κ2) is 8.94. The number of nitro benzene ring substituents is 1. The molecule has 0 aliphatic carbocycles. The highest BCUT2D eigenvalue weighted by molar-refractivity contribution is 7.19. The Morgan fingerprint density at radius 3 is 2.38 bits per heavy atom. The summed E-state index contributed by atoms with van der Waals surface area (Å²) < 4.78 is 18.7. The second-order valence-electron chi connectivity index (χ2n) is 6.69. The average Bonchev–Trinajstić information content (AvgIpc) is 3.23. The number of hydrogen-bond donors (Lipinski definition) is 1. The van der Waals surface area contributed by atoms with Gasteiger partial charge in [0.15, 0.2) is 5.13 Å². The smallest absolute Gasteiger partial charge is 0.269 e. The van der Waals surface area contributed by atoms with Gasteiger partial charge in [-0.15, -0.1) is 0 Å². The molecule has 0 radical (unpaired) electrons. The van der Waals surface area contributed by atoms with Crippen LogP contribution in [0.15, 0.2) is 72.8 Å². The van der Waals surface area contributed by atoms with E-state index < -0.39 is 16.6 Å². The lowest BCUT2D eigenvalue weighted by Gasteiger charge is -2.04. The Bertz CT molecular complexity index is 1290. The molecule has 0 saturated heterocycles. The lowest BCUT2D eigenvalue weighted by atomic mass is 10.1. The van der Waals surface area contributed by atoms with Crippen molar-refractivity contribution < 1.29 is 18.8 Å². The molecule has 0 aliphatic rings. The Morgan fingerprint density at radius 2 is 1.75 bits per heavy atom. The minimum Gasteiger partial charge on any atom is -0.497 e. The molecule has 1 N–H and O–H groups in total. The van der Waals surface area contributed by atoms with Crippen molar-refractivity contribution in [1.29, 1.82) is 0 Å². The number of ether oxygens (including phenoxy) is 1. The number of hydrogen-bond acceptors (Lipinski definition) is 6. The minimum absolute atomic E-state index is 0.0242. The lowest BCUT2D eigenvalue weighted by Crippen LogP contribution is -2.11. The number of amides is 1. The zero-order valence-electron chi connectivity index (χ0n) is 16.7. The number of rotatable bonds is 6. The molecule has 3 aromatic carbocycles. The van der Waals surface area contributed by atoms with E-state index in [1.807, 2.05) is 12.1 Å². The van der Waals surface area contributed by atoms with Crippen LogP contribution >= 0.6 is 11.3 Å². The number of halogens is 1. The van der Waals surface area contributed by atoms with Crippen LogP contribution in [-0.4, -0.2) is 22.9 Å². The molecule has 0 spiro atoms. The fourth-order valence-corrected chi connectivity index (χ4v) is 4.04. The Morgan fingerprint density at radius 1 is 1.06 bits per heavy atom. The van der Waals surface area contributed by atoms with Gasteiger partial charge in [0, 0.05) is 23.3 Å². The van der Waals surface area contributed by atoms with Gasteiger partial charge in [0.2, 0.25) is 0 Å². The van der Waals surface area contributed by atoms with Gasteiger partial charge in [-0.1, -0.05) is 17.4 Å². The maximum absolute atomic E-state index is 13.5. The molecule has 1 amide bonds. The third-order valence-electron chi connectivity index (χ3n) is 4.64. The molecule has 1 aromatic heterocycles. The number of thiazole rings is 1. The fraction of sp³-hybridized carbons (Fsp3) is 0.0435. The van der Waals surface area contributed by atoms with Gasteiger partial charge in [0.05, 0.1) is 22.6 Å². The predicted octanol–water partition coefficient (Wildman–Crippen LogP) is 5.79. The van der Waals surface area contributed by atoms with Crippen molar-refractivity contribution in [3.05, 3.63) is 94.3 Å². The molecule has 160 valence electrons. The van der Waals surface area contributed by atoms with Crippen molar-refractivity contribution in [2.75, 3.05) is 12.4 Å². The standard InChI is InChI=1S/C23H16FN3O4S/c1-31-19-11-7-14(8-12-19)20-21(15-5-9-18(10-6-15)27(29)30)32-23(25-20)26-22(28)16-3-2-4-17(24)13-16/h2-13H,1H3,(H,25,26,28). The summed E-state index contributed by atoms with van der Waals surface area (Å²) in [5, 5.41) is 14.0. The summed E-state index contributed by atoms with van der Waals surface area (Å²) in [5.74, 6) is -0.322. The van der Waals surface area contributed by atoms with Crippen LogP contribution in [0.4, 0.5) is 15.2 Å². The van der Waals surface area contributed by atoms with Crippen molar-refractivity contribution >= 4 is 28.1 Å². The van der Waals surface area contributed by atoms with Crippen LogP contribution < -0.4 is 10.1 Å². The highest BCUT2D eigenvalue weighted by atomic mass is 32.1. The van der Waals surface area contributed by atoms with E-state index in [2.05, 4.69) is 10.3 Å². The molecular weight excluding hydrogens is 433 g/mol. The monoisotopic (exact) mass is 449 g/mol. The van der Waals surface area contributed by atoms with Crippen molar-refractivity contribution in [1.82, 2.24) is 4.98 Å². The van der Waals surface area contributed by atoms with E-state index in [-0.39, 0.29) is 11.3 Å². The lowest BCUT2D eigenvalue weighted by molar-refractivity contribution is -0.384. The quantitative estimate of drug-likeness (QED) is 0.297. The predicted molar refractivity (Wildman–Crippen MR) is 121 cm³/mol. The molecule has 0 atom stereocenters. The summed E-state index contributed by atoms with van der Waals surface area (Å²) in [7, 11) is 1.57. The van der Waals surface area contributed by atoms with Crippen LogP contribution in [0.1, 0.15) is 10.4 Å². The van der Waals surface area contributed by atoms with Crippen LogP contribution in [0.2, 0.25) is 0 Å². The van der Waals surface area contributed by atoms with Crippen molar-refractivity contribution in [2.45, 2.75) is 0 Å². The van der Waals surface area contributed by atoms with E-state index in [0.29, 0.717) is 22.1 Å². The van der Waals surface area contributed by atoms with Crippen molar-refractivity contribution in [3.8, 4) is 27.4 Å². The first-order valence-corrected chi connectivity index (χ1v) is 10.2. The highest BCUT2D eigenvalue weighted by Gasteiger charge is 2.18. The zero-order chi connectivity index (χ0) is 22.7. The Hall–Kier alpha value is -4.11. The topological polar surface area (TPSA) is 94.4 Å². The number of nitrogens with one attached hydrogen (secondary N) is 1. The van der Waals surface area contributed by atoms with E-state index in [1.54, 1.807) is 31.4 Å². The number of carbonyl (C=O) groups is 1. The highest BCUT2D eigenvalue weighted by Crippen LogP contribution is 2.40. The van der Waals surface area contributed by atoms with Crippen LogP contribution in [0, 0.1) is 15.9 Å². The third-order valence-corrected chi connectivity index (χ3v) is 5.66. The van der Waals surface area contributed by atoms with Crippen LogP contribution in [0.25, 0.3) is 21.7 Å².